The quantitative estimate of drug-likeness (QED) is 0.763. The fraction of sp³-hybridized carbons (Fsp3) is 0.273. The molecule has 6 nitrogen and oxygen atoms in total. The van der Waals surface area contributed by atoms with E-state index >= 15 is 0 Å². The number of methoxy groups -OCH3 is 2. The van der Waals surface area contributed by atoms with Crippen molar-refractivity contribution in [3.05, 3.63) is 64.9 Å². The summed E-state index contributed by atoms with van der Waals surface area (Å²) >= 11 is 0. The number of hydrogen-bond acceptors (Lipinski definition) is 5. The van der Waals surface area contributed by atoms with Crippen LogP contribution in [0.15, 0.2) is 53.7 Å². The lowest BCUT2D eigenvalue weighted by molar-refractivity contribution is -0.136. The van der Waals surface area contributed by atoms with Crippen molar-refractivity contribution in [2.45, 2.75) is 19.3 Å². The number of ether oxygens (including phenoxy) is 3. The van der Waals surface area contributed by atoms with Crippen LogP contribution in [0.2, 0.25) is 0 Å². The van der Waals surface area contributed by atoms with E-state index in [1.54, 1.807) is 31.3 Å². The molecule has 2 aromatic carbocycles. The van der Waals surface area contributed by atoms with Gasteiger partial charge in [-0.2, -0.15) is 0 Å². The van der Waals surface area contributed by atoms with Crippen molar-refractivity contribution >= 4 is 17.6 Å². The molecule has 2 aromatic rings. The van der Waals surface area contributed by atoms with Crippen molar-refractivity contribution in [1.29, 1.82) is 0 Å². The summed E-state index contributed by atoms with van der Waals surface area (Å²) in [5.41, 5.74) is 3.68. The second-order valence-electron chi connectivity index (χ2n) is 6.87. The smallest absolute Gasteiger partial charge is 0.336 e. The maximum atomic E-state index is 13.1. The maximum Gasteiger partial charge on any atom is 0.336 e. The van der Waals surface area contributed by atoms with Gasteiger partial charge in [0, 0.05) is 29.7 Å². The minimum absolute atomic E-state index is 0.0782. The number of esters is 1. The number of carbonyl (C=O) groups is 2. The van der Waals surface area contributed by atoms with Gasteiger partial charge in [-0.05, 0) is 30.7 Å². The lowest BCUT2D eigenvalue weighted by Crippen LogP contribution is -2.37. The van der Waals surface area contributed by atoms with Crippen LogP contribution in [0.3, 0.4) is 0 Å². The van der Waals surface area contributed by atoms with Gasteiger partial charge in [-0.25, -0.2) is 4.79 Å². The number of hydrogen-bond donors (Lipinski definition) is 0. The van der Waals surface area contributed by atoms with Crippen LogP contribution in [0.5, 0.6) is 11.5 Å². The van der Waals surface area contributed by atoms with Crippen LogP contribution in [0, 0.1) is 6.92 Å². The van der Waals surface area contributed by atoms with Crippen LogP contribution in [0.25, 0.3) is 0 Å². The van der Waals surface area contributed by atoms with Crippen LogP contribution >= 0.6 is 0 Å². The van der Waals surface area contributed by atoms with E-state index in [9.17, 15) is 9.59 Å². The number of cyclic esters (lactones) is 1. The molecule has 0 N–H and O–H groups in total. The molecule has 0 aliphatic carbocycles. The number of rotatable bonds is 4. The van der Waals surface area contributed by atoms with Crippen molar-refractivity contribution in [2.24, 2.45) is 0 Å². The van der Waals surface area contributed by atoms with Gasteiger partial charge in [-0.1, -0.05) is 18.2 Å². The lowest BCUT2D eigenvalue weighted by atomic mass is 9.83. The molecule has 2 heterocycles. The highest BCUT2D eigenvalue weighted by Gasteiger charge is 2.43. The SMILES string of the molecule is COc1ccc([C@@H]2CC(=O)N(c3cccc(C)c3)C3=C2C(=O)OC3)c(OC)c1. The molecule has 2 aliphatic rings. The van der Waals surface area contributed by atoms with Crippen molar-refractivity contribution < 1.29 is 23.8 Å². The summed E-state index contributed by atoms with van der Waals surface area (Å²) in [5, 5.41) is 0. The Morgan fingerprint density at radius 1 is 1.07 bits per heavy atom. The third kappa shape index (κ3) is 2.91. The molecule has 0 bridgehead atoms. The number of benzene rings is 2. The third-order valence-electron chi connectivity index (χ3n) is 5.19. The minimum atomic E-state index is -0.417. The van der Waals surface area contributed by atoms with Gasteiger partial charge in [0.05, 0.1) is 25.5 Å². The van der Waals surface area contributed by atoms with Crippen LogP contribution in [-0.4, -0.2) is 32.7 Å². The summed E-state index contributed by atoms with van der Waals surface area (Å²) < 4.78 is 16.1. The Kier molecular flexibility index (Phi) is 4.55. The van der Waals surface area contributed by atoms with E-state index in [0.29, 0.717) is 22.8 Å². The molecule has 6 heteroatoms. The third-order valence-corrected chi connectivity index (χ3v) is 5.19. The van der Waals surface area contributed by atoms with Gasteiger partial charge >= 0.3 is 5.97 Å². The molecule has 0 fully saturated rings. The molecule has 1 amide bonds. The zero-order valence-corrected chi connectivity index (χ0v) is 16.0. The molecule has 0 saturated heterocycles. The second kappa shape index (κ2) is 7.03. The molecule has 144 valence electrons. The van der Waals surface area contributed by atoms with Crippen molar-refractivity contribution in [1.82, 2.24) is 0 Å². The van der Waals surface area contributed by atoms with E-state index in [1.165, 1.54) is 0 Å². The standard InChI is InChI=1S/C22H21NO5/c1-13-5-4-6-14(9-13)23-18-12-28-22(25)21(18)17(11-20(23)24)16-8-7-15(26-2)10-19(16)27-3/h4-10,17H,11-12H2,1-3H3/t17-/m0/s1. The first-order chi connectivity index (χ1) is 13.5. The first-order valence-corrected chi connectivity index (χ1v) is 9.05. The average molecular weight is 379 g/mol. The number of anilines is 1. The predicted molar refractivity (Wildman–Crippen MR) is 104 cm³/mol. The highest BCUT2D eigenvalue weighted by atomic mass is 16.5. The molecule has 1 atom stereocenters. The Morgan fingerprint density at radius 3 is 2.61 bits per heavy atom. The van der Waals surface area contributed by atoms with Gasteiger partial charge in [0.15, 0.2) is 0 Å². The van der Waals surface area contributed by atoms with E-state index in [2.05, 4.69) is 0 Å². The lowest BCUT2D eigenvalue weighted by Gasteiger charge is -2.32. The van der Waals surface area contributed by atoms with Gasteiger partial charge in [0.1, 0.15) is 18.1 Å². The van der Waals surface area contributed by atoms with Crippen molar-refractivity contribution in [2.75, 3.05) is 25.7 Å². The molecular weight excluding hydrogens is 358 g/mol. The van der Waals surface area contributed by atoms with Crippen LogP contribution in [-0.2, 0) is 14.3 Å². The van der Waals surface area contributed by atoms with Gasteiger partial charge in [0.25, 0.3) is 0 Å². The zero-order chi connectivity index (χ0) is 19.8. The summed E-state index contributed by atoms with van der Waals surface area (Å²) in [4.78, 5) is 27.3. The fourth-order valence-corrected chi connectivity index (χ4v) is 3.89. The molecule has 0 aromatic heterocycles. The second-order valence-corrected chi connectivity index (χ2v) is 6.87. The Morgan fingerprint density at radius 2 is 1.89 bits per heavy atom. The molecule has 2 aliphatic heterocycles. The number of nitrogens with zero attached hydrogens (tertiary/aromatic N) is 1. The minimum Gasteiger partial charge on any atom is -0.497 e. The molecule has 0 unspecified atom stereocenters. The summed E-state index contributed by atoms with van der Waals surface area (Å²) in [6.07, 6.45) is 0.157. The highest BCUT2D eigenvalue weighted by molar-refractivity contribution is 6.06. The Bertz CT molecular complexity index is 994. The Balaban J connectivity index is 1.84. The highest BCUT2D eigenvalue weighted by Crippen LogP contribution is 2.45. The Hall–Kier alpha value is -3.28. The zero-order valence-electron chi connectivity index (χ0n) is 16.0. The van der Waals surface area contributed by atoms with Gasteiger partial charge in [-0.3, -0.25) is 9.69 Å². The van der Waals surface area contributed by atoms with Crippen molar-refractivity contribution in [3.8, 4) is 11.5 Å². The summed E-state index contributed by atoms with van der Waals surface area (Å²) in [7, 11) is 3.14. The van der Waals surface area contributed by atoms with Crippen molar-refractivity contribution in [3.63, 3.8) is 0 Å². The number of amides is 1. The van der Waals surface area contributed by atoms with Gasteiger partial charge in [0.2, 0.25) is 5.91 Å². The topological polar surface area (TPSA) is 65.1 Å². The van der Waals surface area contributed by atoms with E-state index in [0.717, 1.165) is 16.8 Å². The van der Waals surface area contributed by atoms with E-state index in [1.807, 2.05) is 37.3 Å². The van der Waals surface area contributed by atoms with E-state index in [-0.39, 0.29) is 24.9 Å². The molecule has 0 radical (unpaired) electrons. The van der Waals surface area contributed by atoms with Crippen LogP contribution in [0.4, 0.5) is 5.69 Å². The van der Waals surface area contributed by atoms with Gasteiger partial charge in [-0.15, -0.1) is 0 Å². The molecule has 0 spiro atoms. The summed E-state index contributed by atoms with van der Waals surface area (Å²) in [6.45, 7) is 2.05. The average Bonchev–Trinajstić information content (AvgIpc) is 3.08. The predicted octanol–water partition coefficient (Wildman–Crippen LogP) is 3.34. The van der Waals surface area contributed by atoms with Crippen LogP contribution < -0.4 is 14.4 Å². The summed E-state index contributed by atoms with van der Waals surface area (Å²) in [6, 6.07) is 13.1. The number of aryl methyl sites for hydroxylation is 1. The molecule has 0 saturated carbocycles. The molecular formula is C22H21NO5. The first kappa shape index (κ1) is 18.1. The maximum absolute atomic E-state index is 13.1. The van der Waals surface area contributed by atoms with E-state index < -0.39 is 5.92 Å². The van der Waals surface area contributed by atoms with Crippen LogP contribution in [0.1, 0.15) is 23.5 Å². The fourth-order valence-electron chi connectivity index (χ4n) is 3.89. The largest absolute Gasteiger partial charge is 0.497 e. The normalized spacial score (nSPS) is 18.8. The molecule has 28 heavy (non-hydrogen) atoms. The Labute approximate surface area is 163 Å². The summed E-state index contributed by atoms with van der Waals surface area (Å²) in [5.74, 6) is 0.341. The molecule has 4 rings (SSSR count). The first-order valence-electron chi connectivity index (χ1n) is 9.05. The van der Waals surface area contributed by atoms with Gasteiger partial charge < -0.3 is 14.2 Å². The number of carbonyl (C=O) groups excluding carboxylic acids is 2. The van der Waals surface area contributed by atoms with E-state index in [4.69, 9.17) is 14.2 Å². The monoisotopic (exact) mass is 379 g/mol.